The third kappa shape index (κ3) is 2.01. The lowest BCUT2D eigenvalue weighted by molar-refractivity contribution is -0.137. The van der Waals surface area contributed by atoms with Crippen LogP contribution in [0.15, 0.2) is 28.9 Å². The van der Waals surface area contributed by atoms with Gasteiger partial charge in [-0.1, -0.05) is 11.6 Å². The Hall–Kier alpha value is -0.810. The van der Waals surface area contributed by atoms with E-state index in [1.54, 1.807) is 0 Å². The predicted molar refractivity (Wildman–Crippen MR) is 59.5 cm³/mol. The summed E-state index contributed by atoms with van der Waals surface area (Å²) in [5.41, 5.74) is -0.256. The highest BCUT2D eigenvalue weighted by Crippen LogP contribution is 2.35. The van der Waals surface area contributed by atoms with Crippen molar-refractivity contribution in [2.45, 2.75) is 6.18 Å². The van der Waals surface area contributed by atoms with E-state index in [2.05, 4.69) is 20.9 Å². The molecule has 0 atom stereocenters. The molecule has 6 heteroatoms. The van der Waals surface area contributed by atoms with Crippen LogP contribution in [0.1, 0.15) is 5.56 Å². The number of pyridine rings is 1. The van der Waals surface area contributed by atoms with Crippen molar-refractivity contribution in [3.63, 3.8) is 0 Å². The molecule has 84 valence electrons. The molecular formula is C10H4BrClF3N. The first-order valence-corrected chi connectivity index (χ1v) is 5.37. The number of rotatable bonds is 0. The molecule has 0 radical (unpaired) electrons. The standard InChI is InChI=1S/C10H4BrClF3N/c11-9-6-3-5(10(13,14)15)1-2-8(6)16-4-7(9)12/h1-4H. The number of benzene rings is 1. The Morgan fingerprint density at radius 1 is 1.25 bits per heavy atom. The molecule has 0 aliphatic carbocycles. The molecule has 0 amide bonds. The van der Waals surface area contributed by atoms with Crippen molar-refractivity contribution < 1.29 is 13.2 Å². The molecule has 1 aromatic carbocycles. The van der Waals surface area contributed by atoms with E-state index in [9.17, 15) is 13.2 Å². The van der Waals surface area contributed by atoms with Crippen molar-refractivity contribution in [3.8, 4) is 0 Å². The number of fused-ring (bicyclic) bond motifs is 1. The Labute approximate surface area is 102 Å². The van der Waals surface area contributed by atoms with Crippen molar-refractivity contribution in [2.75, 3.05) is 0 Å². The maximum atomic E-state index is 12.5. The molecular weight excluding hydrogens is 306 g/mol. The summed E-state index contributed by atoms with van der Waals surface area (Å²) < 4.78 is 37.9. The van der Waals surface area contributed by atoms with Crippen molar-refractivity contribution >= 4 is 38.4 Å². The van der Waals surface area contributed by atoms with Crippen LogP contribution < -0.4 is 0 Å². The molecule has 0 aliphatic rings. The lowest BCUT2D eigenvalue weighted by Gasteiger charge is -2.08. The van der Waals surface area contributed by atoms with Gasteiger partial charge in [-0.2, -0.15) is 13.2 Å². The van der Waals surface area contributed by atoms with Gasteiger partial charge in [0, 0.05) is 16.1 Å². The third-order valence-corrected chi connectivity index (χ3v) is 3.46. The molecule has 1 heterocycles. The fraction of sp³-hybridized carbons (Fsp3) is 0.100. The molecule has 2 rings (SSSR count). The van der Waals surface area contributed by atoms with Gasteiger partial charge in [0.15, 0.2) is 0 Å². The second-order valence-electron chi connectivity index (χ2n) is 3.15. The molecule has 0 fully saturated rings. The minimum absolute atomic E-state index is 0.284. The molecule has 2 aromatic rings. The molecule has 0 spiro atoms. The zero-order valence-electron chi connectivity index (χ0n) is 7.65. The van der Waals surface area contributed by atoms with Crippen LogP contribution in [0.5, 0.6) is 0 Å². The summed E-state index contributed by atoms with van der Waals surface area (Å²) in [5, 5.41) is 0.633. The van der Waals surface area contributed by atoms with Crippen LogP contribution in [0.3, 0.4) is 0 Å². The summed E-state index contributed by atoms with van der Waals surface area (Å²) in [6, 6.07) is 3.34. The summed E-state index contributed by atoms with van der Waals surface area (Å²) in [5.74, 6) is 0. The van der Waals surface area contributed by atoms with E-state index < -0.39 is 11.7 Å². The first kappa shape index (κ1) is 11.7. The molecule has 0 N–H and O–H groups in total. The molecule has 0 saturated carbocycles. The molecule has 1 aromatic heterocycles. The number of nitrogens with zero attached hydrogens (tertiary/aromatic N) is 1. The van der Waals surface area contributed by atoms with Gasteiger partial charge in [-0.15, -0.1) is 0 Å². The first-order chi connectivity index (χ1) is 7.39. The number of hydrogen-bond donors (Lipinski definition) is 0. The van der Waals surface area contributed by atoms with Crippen molar-refractivity contribution in [3.05, 3.63) is 39.5 Å². The van der Waals surface area contributed by atoms with E-state index in [-0.39, 0.29) is 5.02 Å². The quantitative estimate of drug-likeness (QED) is 0.689. The van der Waals surface area contributed by atoms with Crippen LogP contribution in [0.2, 0.25) is 5.02 Å². The van der Waals surface area contributed by atoms with Crippen molar-refractivity contribution in [1.82, 2.24) is 4.98 Å². The van der Waals surface area contributed by atoms with Crippen LogP contribution in [0.4, 0.5) is 13.2 Å². The highest BCUT2D eigenvalue weighted by atomic mass is 79.9. The summed E-state index contributed by atoms with van der Waals surface area (Å²) in [4.78, 5) is 3.94. The molecule has 16 heavy (non-hydrogen) atoms. The van der Waals surface area contributed by atoms with E-state index in [1.165, 1.54) is 12.3 Å². The summed E-state index contributed by atoms with van der Waals surface area (Å²) in [6.45, 7) is 0. The molecule has 0 aliphatic heterocycles. The Bertz CT molecular complexity index is 553. The third-order valence-electron chi connectivity index (χ3n) is 2.09. The van der Waals surface area contributed by atoms with Crippen LogP contribution >= 0.6 is 27.5 Å². The van der Waals surface area contributed by atoms with Crippen molar-refractivity contribution in [1.29, 1.82) is 0 Å². The highest BCUT2D eigenvalue weighted by Gasteiger charge is 2.30. The van der Waals surface area contributed by atoms with Gasteiger partial charge in [0.2, 0.25) is 0 Å². The van der Waals surface area contributed by atoms with Gasteiger partial charge in [0.1, 0.15) is 0 Å². The predicted octanol–water partition coefficient (Wildman–Crippen LogP) is 4.67. The number of aromatic nitrogens is 1. The van der Waals surface area contributed by atoms with E-state index in [0.717, 1.165) is 12.1 Å². The zero-order chi connectivity index (χ0) is 11.9. The van der Waals surface area contributed by atoms with Gasteiger partial charge in [-0.05, 0) is 34.1 Å². The smallest absolute Gasteiger partial charge is 0.255 e. The van der Waals surface area contributed by atoms with Gasteiger partial charge in [0.05, 0.1) is 16.1 Å². The molecule has 0 unspecified atom stereocenters. The summed E-state index contributed by atoms with van der Waals surface area (Å²) >= 11 is 8.91. The van der Waals surface area contributed by atoms with E-state index >= 15 is 0 Å². The van der Waals surface area contributed by atoms with Crippen LogP contribution in [-0.4, -0.2) is 4.98 Å². The van der Waals surface area contributed by atoms with E-state index in [0.29, 0.717) is 15.4 Å². The van der Waals surface area contributed by atoms with Crippen LogP contribution in [-0.2, 0) is 6.18 Å². The Balaban J connectivity index is 2.74. The number of hydrogen-bond acceptors (Lipinski definition) is 1. The van der Waals surface area contributed by atoms with E-state index in [1.807, 2.05) is 0 Å². The zero-order valence-corrected chi connectivity index (χ0v) is 9.99. The Morgan fingerprint density at radius 2 is 1.94 bits per heavy atom. The lowest BCUT2D eigenvalue weighted by atomic mass is 10.1. The molecule has 1 nitrogen and oxygen atoms in total. The Kier molecular flexibility index (Phi) is 2.84. The average Bonchev–Trinajstić information content (AvgIpc) is 2.22. The van der Waals surface area contributed by atoms with Gasteiger partial charge in [-0.3, -0.25) is 4.98 Å². The summed E-state index contributed by atoms with van der Waals surface area (Å²) in [6.07, 6.45) is -2.98. The first-order valence-electron chi connectivity index (χ1n) is 4.20. The minimum Gasteiger partial charge on any atom is -0.255 e. The van der Waals surface area contributed by atoms with Gasteiger partial charge in [0.25, 0.3) is 0 Å². The lowest BCUT2D eigenvalue weighted by Crippen LogP contribution is -2.04. The average molecular weight is 310 g/mol. The number of halogens is 5. The highest BCUT2D eigenvalue weighted by molar-refractivity contribution is 9.10. The van der Waals surface area contributed by atoms with Crippen molar-refractivity contribution in [2.24, 2.45) is 0 Å². The topological polar surface area (TPSA) is 12.9 Å². The fourth-order valence-corrected chi connectivity index (χ4v) is 1.88. The monoisotopic (exact) mass is 309 g/mol. The maximum absolute atomic E-state index is 12.5. The van der Waals surface area contributed by atoms with Crippen LogP contribution in [0.25, 0.3) is 10.9 Å². The minimum atomic E-state index is -4.37. The maximum Gasteiger partial charge on any atom is 0.416 e. The molecule has 0 saturated heterocycles. The Morgan fingerprint density at radius 3 is 2.56 bits per heavy atom. The summed E-state index contributed by atoms with van der Waals surface area (Å²) in [7, 11) is 0. The second-order valence-corrected chi connectivity index (χ2v) is 4.35. The normalized spacial score (nSPS) is 12.1. The van der Waals surface area contributed by atoms with Gasteiger partial charge in [-0.25, -0.2) is 0 Å². The fourth-order valence-electron chi connectivity index (χ4n) is 1.31. The second kappa shape index (κ2) is 3.89. The molecule has 0 bridgehead atoms. The number of alkyl halides is 3. The van der Waals surface area contributed by atoms with Gasteiger partial charge >= 0.3 is 6.18 Å². The van der Waals surface area contributed by atoms with E-state index in [4.69, 9.17) is 11.6 Å². The van der Waals surface area contributed by atoms with Gasteiger partial charge < -0.3 is 0 Å². The SMILES string of the molecule is FC(F)(F)c1ccc2ncc(Cl)c(Br)c2c1. The van der Waals surface area contributed by atoms with Crippen LogP contribution in [0, 0.1) is 0 Å². The largest absolute Gasteiger partial charge is 0.416 e.